The number of nitrogens with zero attached hydrogens (tertiary/aromatic N) is 2. The van der Waals surface area contributed by atoms with E-state index in [-0.39, 0.29) is 23.8 Å². The Kier molecular flexibility index (Phi) is 8.51. The number of sulfonamides is 1. The van der Waals surface area contributed by atoms with Gasteiger partial charge < -0.3 is 10.1 Å². The van der Waals surface area contributed by atoms with Crippen molar-refractivity contribution in [1.82, 2.24) is 14.6 Å². The smallest absolute Gasteiger partial charge is 0.242 e. The third-order valence-electron chi connectivity index (χ3n) is 4.90. The number of ether oxygens (including phenoxy) is 1. The van der Waals surface area contributed by atoms with Crippen molar-refractivity contribution in [2.24, 2.45) is 0 Å². The molecule has 0 spiro atoms. The van der Waals surface area contributed by atoms with E-state index >= 15 is 0 Å². The van der Waals surface area contributed by atoms with Gasteiger partial charge in [-0.2, -0.15) is 0 Å². The summed E-state index contributed by atoms with van der Waals surface area (Å²) in [5.74, 6) is 0.000917. The standard InChI is InChI=1S/C24H26FN3O4S/c1-28(33(30,31)23-12-10-20(25)11-13-23)15-5-9-24(29)27-17-19-6-4-8-22(16-19)32-18-21-7-2-3-14-26-21/h2-4,6-8,10-14,16H,5,9,15,17-18H2,1H3,(H,27,29). The molecule has 0 aliphatic rings. The van der Waals surface area contributed by atoms with Gasteiger partial charge in [-0.15, -0.1) is 0 Å². The third kappa shape index (κ3) is 7.37. The van der Waals surface area contributed by atoms with Crippen LogP contribution in [0, 0.1) is 5.82 Å². The topological polar surface area (TPSA) is 88.6 Å². The van der Waals surface area contributed by atoms with E-state index in [0.29, 0.717) is 25.3 Å². The first-order valence-electron chi connectivity index (χ1n) is 10.4. The Hall–Kier alpha value is -3.30. The minimum Gasteiger partial charge on any atom is -0.487 e. The monoisotopic (exact) mass is 471 g/mol. The number of aromatic nitrogens is 1. The molecule has 0 unspecified atom stereocenters. The van der Waals surface area contributed by atoms with Gasteiger partial charge in [-0.05, 0) is 60.5 Å². The number of pyridine rings is 1. The van der Waals surface area contributed by atoms with Crippen molar-refractivity contribution in [2.45, 2.75) is 30.9 Å². The van der Waals surface area contributed by atoms with E-state index in [2.05, 4.69) is 10.3 Å². The Morgan fingerprint density at radius 2 is 1.88 bits per heavy atom. The van der Waals surface area contributed by atoms with E-state index in [1.807, 2.05) is 42.5 Å². The van der Waals surface area contributed by atoms with Gasteiger partial charge in [-0.3, -0.25) is 9.78 Å². The molecule has 0 fully saturated rings. The maximum absolute atomic E-state index is 13.0. The quantitative estimate of drug-likeness (QED) is 0.462. The Bertz CT molecular complexity index is 1160. The molecule has 9 heteroatoms. The number of amides is 1. The van der Waals surface area contributed by atoms with Crippen molar-refractivity contribution >= 4 is 15.9 Å². The number of rotatable bonds is 11. The lowest BCUT2D eigenvalue weighted by atomic mass is 10.2. The lowest BCUT2D eigenvalue weighted by Crippen LogP contribution is -2.29. The van der Waals surface area contributed by atoms with Gasteiger partial charge >= 0.3 is 0 Å². The van der Waals surface area contributed by atoms with E-state index in [1.54, 1.807) is 6.20 Å². The number of benzene rings is 2. The Balaban J connectivity index is 1.41. The lowest BCUT2D eigenvalue weighted by Gasteiger charge is -2.17. The summed E-state index contributed by atoms with van der Waals surface area (Å²) in [6, 6.07) is 17.7. The second kappa shape index (κ2) is 11.5. The molecule has 174 valence electrons. The van der Waals surface area contributed by atoms with Crippen LogP contribution in [0.2, 0.25) is 0 Å². The molecular weight excluding hydrogens is 445 g/mol. The normalized spacial score (nSPS) is 11.4. The maximum Gasteiger partial charge on any atom is 0.242 e. The summed E-state index contributed by atoms with van der Waals surface area (Å²) in [4.78, 5) is 16.4. The molecule has 1 heterocycles. The van der Waals surface area contributed by atoms with Crippen LogP contribution in [0.4, 0.5) is 4.39 Å². The predicted octanol–water partition coefficient (Wildman–Crippen LogP) is 3.52. The molecule has 2 aromatic carbocycles. The molecule has 0 bridgehead atoms. The van der Waals surface area contributed by atoms with E-state index in [9.17, 15) is 17.6 Å². The fraction of sp³-hybridized carbons (Fsp3) is 0.250. The highest BCUT2D eigenvalue weighted by molar-refractivity contribution is 7.89. The number of carbonyl (C=O) groups is 1. The average Bonchev–Trinajstić information content (AvgIpc) is 2.82. The maximum atomic E-state index is 13.0. The molecule has 1 amide bonds. The molecule has 0 atom stereocenters. The highest BCUT2D eigenvalue weighted by Crippen LogP contribution is 2.16. The van der Waals surface area contributed by atoms with Crippen molar-refractivity contribution in [1.29, 1.82) is 0 Å². The van der Waals surface area contributed by atoms with Crippen molar-refractivity contribution < 1.29 is 22.3 Å². The highest BCUT2D eigenvalue weighted by atomic mass is 32.2. The van der Waals surface area contributed by atoms with Crippen LogP contribution in [0.25, 0.3) is 0 Å². The van der Waals surface area contributed by atoms with E-state index in [0.717, 1.165) is 27.7 Å². The molecule has 0 aliphatic carbocycles. The highest BCUT2D eigenvalue weighted by Gasteiger charge is 2.20. The molecule has 3 aromatic rings. The first-order chi connectivity index (χ1) is 15.8. The molecule has 1 N–H and O–H groups in total. The van der Waals surface area contributed by atoms with Crippen LogP contribution in [-0.4, -0.2) is 37.2 Å². The lowest BCUT2D eigenvalue weighted by molar-refractivity contribution is -0.121. The van der Waals surface area contributed by atoms with Crippen molar-refractivity contribution in [3.05, 3.63) is 90.0 Å². The van der Waals surface area contributed by atoms with Crippen molar-refractivity contribution in [2.75, 3.05) is 13.6 Å². The van der Waals surface area contributed by atoms with Crippen LogP contribution < -0.4 is 10.1 Å². The van der Waals surface area contributed by atoms with Crippen LogP contribution in [0.3, 0.4) is 0 Å². The second-order valence-corrected chi connectivity index (χ2v) is 9.46. The molecule has 7 nitrogen and oxygen atoms in total. The number of hydrogen-bond acceptors (Lipinski definition) is 5. The molecule has 0 saturated carbocycles. The van der Waals surface area contributed by atoms with Crippen LogP contribution in [0.15, 0.2) is 77.8 Å². The molecule has 0 radical (unpaired) electrons. The molecule has 33 heavy (non-hydrogen) atoms. The minimum absolute atomic E-state index is 0.0148. The van der Waals surface area contributed by atoms with E-state index in [1.165, 1.54) is 19.2 Å². The second-order valence-electron chi connectivity index (χ2n) is 7.42. The number of carbonyl (C=O) groups excluding carboxylic acids is 1. The van der Waals surface area contributed by atoms with Crippen molar-refractivity contribution in [3.8, 4) is 5.75 Å². The molecule has 0 saturated heterocycles. The van der Waals surface area contributed by atoms with Crippen LogP contribution in [-0.2, 0) is 28.0 Å². The van der Waals surface area contributed by atoms with Gasteiger partial charge in [0.2, 0.25) is 15.9 Å². The summed E-state index contributed by atoms with van der Waals surface area (Å²) in [7, 11) is -2.29. The summed E-state index contributed by atoms with van der Waals surface area (Å²) in [6.45, 7) is 0.859. The zero-order chi connectivity index (χ0) is 23.7. The third-order valence-corrected chi connectivity index (χ3v) is 6.77. The van der Waals surface area contributed by atoms with Gasteiger partial charge in [0.05, 0.1) is 10.6 Å². The summed E-state index contributed by atoms with van der Waals surface area (Å²) < 4.78 is 44.9. The number of hydrogen-bond donors (Lipinski definition) is 1. The fourth-order valence-corrected chi connectivity index (χ4v) is 4.25. The van der Waals surface area contributed by atoms with Crippen LogP contribution >= 0.6 is 0 Å². The van der Waals surface area contributed by atoms with Crippen LogP contribution in [0.5, 0.6) is 5.75 Å². The summed E-state index contributed by atoms with van der Waals surface area (Å²) in [5.41, 5.74) is 1.71. The largest absolute Gasteiger partial charge is 0.487 e. The first-order valence-corrected chi connectivity index (χ1v) is 11.9. The summed E-state index contributed by atoms with van der Waals surface area (Å²) >= 11 is 0. The number of halogens is 1. The van der Waals surface area contributed by atoms with Crippen LogP contribution in [0.1, 0.15) is 24.1 Å². The summed E-state index contributed by atoms with van der Waals surface area (Å²) in [6.07, 6.45) is 2.25. The van der Waals surface area contributed by atoms with Gasteiger partial charge in [-0.1, -0.05) is 18.2 Å². The molecular formula is C24H26FN3O4S. The van der Waals surface area contributed by atoms with Gasteiger partial charge in [0, 0.05) is 32.8 Å². The fourth-order valence-electron chi connectivity index (χ4n) is 3.04. The van der Waals surface area contributed by atoms with Gasteiger partial charge in [0.15, 0.2) is 0 Å². The first kappa shape index (κ1) is 24.3. The number of nitrogens with one attached hydrogen (secondary N) is 1. The molecule has 3 rings (SSSR count). The zero-order valence-electron chi connectivity index (χ0n) is 18.3. The SMILES string of the molecule is CN(CCCC(=O)NCc1cccc(OCc2ccccn2)c1)S(=O)(=O)c1ccc(F)cc1. The summed E-state index contributed by atoms with van der Waals surface area (Å²) in [5, 5.41) is 2.83. The Labute approximate surface area is 193 Å². The Morgan fingerprint density at radius 3 is 2.61 bits per heavy atom. The predicted molar refractivity (Wildman–Crippen MR) is 122 cm³/mol. The minimum atomic E-state index is -3.72. The van der Waals surface area contributed by atoms with Crippen molar-refractivity contribution in [3.63, 3.8) is 0 Å². The van der Waals surface area contributed by atoms with Gasteiger partial charge in [-0.25, -0.2) is 17.1 Å². The molecule has 0 aliphatic heterocycles. The average molecular weight is 472 g/mol. The van der Waals surface area contributed by atoms with Gasteiger partial charge in [0.1, 0.15) is 18.2 Å². The Morgan fingerprint density at radius 1 is 1.09 bits per heavy atom. The van der Waals surface area contributed by atoms with E-state index < -0.39 is 15.8 Å². The van der Waals surface area contributed by atoms with E-state index in [4.69, 9.17) is 4.74 Å². The zero-order valence-corrected chi connectivity index (χ0v) is 19.1. The molecule has 1 aromatic heterocycles. The van der Waals surface area contributed by atoms with Gasteiger partial charge in [0.25, 0.3) is 0 Å².